The van der Waals surface area contributed by atoms with Crippen molar-refractivity contribution in [2.24, 2.45) is 5.92 Å². The zero-order valence-corrected chi connectivity index (χ0v) is 19.1. The molecule has 1 fully saturated rings. The van der Waals surface area contributed by atoms with Crippen LogP contribution in [0.25, 0.3) is 33.1 Å². The monoisotopic (exact) mass is 495 g/mol. The molecule has 0 bridgehead atoms. The molecule has 0 atom stereocenters. The number of rotatable bonds is 3. The largest absolute Gasteiger partial charge is 0.507 e. The molecule has 164 valence electrons. The van der Waals surface area contributed by atoms with Gasteiger partial charge in [-0.05, 0) is 68.2 Å². The second-order valence-electron chi connectivity index (χ2n) is 8.51. The van der Waals surface area contributed by atoms with Crippen LogP contribution in [0.3, 0.4) is 0 Å². The van der Waals surface area contributed by atoms with E-state index in [9.17, 15) is 14.7 Å². The second-order valence-corrected chi connectivity index (χ2v) is 9.42. The van der Waals surface area contributed by atoms with Crippen LogP contribution in [0, 0.1) is 5.92 Å². The lowest BCUT2D eigenvalue weighted by molar-refractivity contribution is 0.183. The van der Waals surface area contributed by atoms with Gasteiger partial charge < -0.3 is 13.9 Å². The average molecular weight is 496 g/mol. The predicted octanol–water partition coefficient (Wildman–Crippen LogP) is 5.27. The fourth-order valence-electron chi connectivity index (χ4n) is 4.37. The fourth-order valence-corrected chi connectivity index (χ4v) is 4.75. The smallest absolute Gasteiger partial charge is 0.344 e. The summed E-state index contributed by atoms with van der Waals surface area (Å²) in [6.45, 7) is 4.56. The molecule has 1 aliphatic heterocycles. The van der Waals surface area contributed by atoms with E-state index >= 15 is 0 Å². The van der Waals surface area contributed by atoms with Crippen molar-refractivity contribution in [3.63, 3.8) is 0 Å². The van der Waals surface area contributed by atoms with Gasteiger partial charge in [-0.1, -0.05) is 22.9 Å². The number of halogens is 1. The van der Waals surface area contributed by atoms with E-state index < -0.39 is 11.3 Å². The molecule has 7 heteroatoms. The van der Waals surface area contributed by atoms with E-state index in [0.717, 1.165) is 35.8 Å². The van der Waals surface area contributed by atoms with Crippen molar-refractivity contribution in [3.8, 4) is 16.9 Å². The number of hydrogen-bond donors (Lipinski definition) is 1. The van der Waals surface area contributed by atoms with Crippen molar-refractivity contribution < 1.29 is 13.9 Å². The van der Waals surface area contributed by atoms with Crippen molar-refractivity contribution in [3.05, 3.63) is 73.3 Å². The van der Waals surface area contributed by atoms with Crippen LogP contribution in [0.4, 0.5) is 0 Å². The van der Waals surface area contributed by atoms with Crippen LogP contribution in [-0.4, -0.2) is 23.1 Å². The first-order valence-corrected chi connectivity index (χ1v) is 11.4. The van der Waals surface area contributed by atoms with Gasteiger partial charge in [0.2, 0.25) is 0 Å². The van der Waals surface area contributed by atoms with Gasteiger partial charge in [0.05, 0.1) is 11.1 Å². The van der Waals surface area contributed by atoms with E-state index in [1.807, 2.05) is 6.07 Å². The van der Waals surface area contributed by atoms with Gasteiger partial charge >= 0.3 is 11.3 Å². The number of fused-ring (bicyclic) bond motifs is 2. The molecular weight excluding hydrogens is 474 g/mol. The minimum absolute atomic E-state index is 0.0749. The topological polar surface area (TPSA) is 83.9 Å². The molecule has 6 nitrogen and oxygen atoms in total. The quantitative estimate of drug-likeness (QED) is 0.390. The Kier molecular flexibility index (Phi) is 5.39. The molecule has 0 spiro atoms. The van der Waals surface area contributed by atoms with Crippen LogP contribution < -0.4 is 11.3 Å². The number of phenols is 1. The van der Waals surface area contributed by atoms with Gasteiger partial charge in [0.1, 0.15) is 16.9 Å². The first-order chi connectivity index (χ1) is 15.4. The van der Waals surface area contributed by atoms with Crippen LogP contribution in [-0.2, 0) is 6.54 Å². The van der Waals surface area contributed by atoms with Crippen LogP contribution >= 0.6 is 15.9 Å². The van der Waals surface area contributed by atoms with Crippen LogP contribution in [0.1, 0.15) is 25.3 Å². The molecule has 1 aliphatic rings. The van der Waals surface area contributed by atoms with Crippen molar-refractivity contribution in [2.45, 2.75) is 26.3 Å². The lowest BCUT2D eigenvalue weighted by Crippen LogP contribution is -2.32. The third kappa shape index (κ3) is 3.87. The molecule has 1 N–H and O–H groups in total. The highest BCUT2D eigenvalue weighted by Crippen LogP contribution is 2.34. The summed E-state index contributed by atoms with van der Waals surface area (Å²) in [5.74, 6) is 0.759. The summed E-state index contributed by atoms with van der Waals surface area (Å²) in [5, 5.41) is 11.9. The Balaban J connectivity index is 1.68. The molecule has 5 rings (SSSR count). The van der Waals surface area contributed by atoms with Crippen molar-refractivity contribution in [2.75, 3.05) is 13.1 Å². The molecule has 4 aromatic rings. The first kappa shape index (κ1) is 21.0. The normalized spacial score (nSPS) is 15.6. The first-order valence-electron chi connectivity index (χ1n) is 10.6. The van der Waals surface area contributed by atoms with E-state index in [0.29, 0.717) is 40.1 Å². The third-order valence-corrected chi connectivity index (χ3v) is 6.73. The van der Waals surface area contributed by atoms with Crippen LogP contribution in [0.5, 0.6) is 5.75 Å². The van der Waals surface area contributed by atoms with E-state index in [-0.39, 0.29) is 11.3 Å². The Labute approximate surface area is 192 Å². The number of hydrogen-bond acceptors (Lipinski definition) is 6. The van der Waals surface area contributed by atoms with Gasteiger partial charge in [-0.2, -0.15) is 0 Å². The standard InChI is InChI=1S/C25H22BrNO5/c1-14-6-8-27(9-7-14)13-20-21(28)4-3-17-18(12-23(29)32-24(17)20)19-11-15-10-16(26)2-5-22(15)31-25(19)30/h2-5,10-12,14,28H,6-9,13H2,1H3. The number of aromatic hydroxyl groups is 1. The highest BCUT2D eigenvalue weighted by atomic mass is 79.9. The van der Waals surface area contributed by atoms with E-state index in [1.165, 1.54) is 6.07 Å². The number of phenolic OH excluding ortho intramolecular Hbond substituents is 1. The van der Waals surface area contributed by atoms with Gasteiger partial charge in [0.15, 0.2) is 0 Å². The number of likely N-dealkylation sites (tertiary alicyclic amines) is 1. The van der Waals surface area contributed by atoms with Crippen molar-refractivity contribution in [1.29, 1.82) is 0 Å². The highest BCUT2D eigenvalue weighted by Gasteiger charge is 2.21. The Morgan fingerprint density at radius 1 is 1.03 bits per heavy atom. The summed E-state index contributed by atoms with van der Waals surface area (Å²) in [7, 11) is 0. The average Bonchev–Trinajstić information content (AvgIpc) is 2.76. The van der Waals surface area contributed by atoms with E-state index in [2.05, 4.69) is 27.8 Å². The maximum absolute atomic E-state index is 12.8. The molecule has 32 heavy (non-hydrogen) atoms. The van der Waals surface area contributed by atoms with Crippen molar-refractivity contribution >= 4 is 37.9 Å². The second kappa shape index (κ2) is 8.22. The summed E-state index contributed by atoms with van der Waals surface area (Å²) in [6, 6.07) is 11.7. The summed E-state index contributed by atoms with van der Waals surface area (Å²) >= 11 is 3.43. The minimum atomic E-state index is -0.583. The third-order valence-electron chi connectivity index (χ3n) is 6.23. The summed E-state index contributed by atoms with van der Waals surface area (Å²) in [6.07, 6.45) is 2.18. The Morgan fingerprint density at radius 3 is 2.59 bits per heavy atom. The molecule has 0 saturated carbocycles. The Bertz CT molecular complexity index is 1450. The van der Waals surface area contributed by atoms with Crippen LogP contribution in [0.15, 0.2) is 65.4 Å². The molecule has 2 aromatic carbocycles. The zero-order valence-electron chi connectivity index (χ0n) is 17.6. The lowest BCUT2D eigenvalue weighted by atomic mass is 9.97. The van der Waals surface area contributed by atoms with Gasteiger partial charge in [-0.25, -0.2) is 9.59 Å². The highest BCUT2D eigenvalue weighted by molar-refractivity contribution is 9.10. The number of piperidine rings is 1. The van der Waals surface area contributed by atoms with E-state index in [4.69, 9.17) is 8.83 Å². The molecule has 0 radical (unpaired) electrons. The fraction of sp³-hybridized carbons (Fsp3) is 0.280. The SMILES string of the molecule is CC1CCN(Cc2c(O)ccc3c(-c4cc5cc(Br)ccc5oc4=O)cc(=O)oc23)CC1. The lowest BCUT2D eigenvalue weighted by Gasteiger charge is -2.30. The maximum Gasteiger partial charge on any atom is 0.344 e. The molecule has 0 amide bonds. The maximum atomic E-state index is 12.8. The Morgan fingerprint density at radius 2 is 1.81 bits per heavy atom. The summed E-state index contributed by atoms with van der Waals surface area (Å²) in [4.78, 5) is 27.6. The van der Waals surface area contributed by atoms with Crippen LogP contribution in [0.2, 0.25) is 0 Å². The predicted molar refractivity (Wildman–Crippen MR) is 127 cm³/mol. The minimum Gasteiger partial charge on any atom is -0.507 e. The zero-order chi connectivity index (χ0) is 22.4. The molecular formula is C25H22BrNO5. The molecule has 0 aliphatic carbocycles. The van der Waals surface area contributed by atoms with Gasteiger partial charge in [0.25, 0.3) is 0 Å². The number of benzene rings is 2. The molecule has 1 saturated heterocycles. The van der Waals surface area contributed by atoms with E-state index in [1.54, 1.807) is 30.3 Å². The number of nitrogens with zero attached hydrogens (tertiary/aromatic N) is 1. The van der Waals surface area contributed by atoms with Gasteiger partial charge in [0, 0.05) is 33.4 Å². The summed E-state index contributed by atoms with van der Waals surface area (Å²) in [5.41, 5.74) is 0.916. The van der Waals surface area contributed by atoms with Crippen molar-refractivity contribution in [1.82, 2.24) is 4.90 Å². The molecule has 2 aromatic heterocycles. The van der Waals surface area contributed by atoms with Gasteiger partial charge in [-0.3, -0.25) is 4.90 Å². The molecule has 3 heterocycles. The Hall–Kier alpha value is -2.90. The summed E-state index contributed by atoms with van der Waals surface area (Å²) < 4.78 is 11.9. The molecule has 0 unspecified atom stereocenters. The van der Waals surface area contributed by atoms with Gasteiger partial charge in [-0.15, -0.1) is 0 Å².